The van der Waals surface area contributed by atoms with E-state index in [2.05, 4.69) is 20.9 Å². The van der Waals surface area contributed by atoms with E-state index in [1.54, 1.807) is 24.5 Å². The first-order valence-electron chi connectivity index (χ1n) is 7.71. The highest BCUT2D eigenvalue weighted by Gasteiger charge is 2.32. The van der Waals surface area contributed by atoms with Crippen molar-refractivity contribution in [1.29, 1.82) is 0 Å². The molecule has 3 rings (SSSR count). The van der Waals surface area contributed by atoms with Crippen molar-refractivity contribution in [1.82, 2.24) is 9.88 Å². The van der Waals surface area contributed by atoms with Gasteiger partial charge in [0.2, 0.25) is 0 Å². The Morgan fingerprint density at radius 1 is 1.31 bits per heavy atom. The number of halogens is 1. The summed E-state index contributed by atoms with van der Waals surface area (Å²) in [7, 11) is 1.44. The normalized spacial score (nSPS) is 15.8. The quantitative estimate of drug-likeness (QED) is 0.720. The van der Waals surface area contributed by atoms with Gasteiger partial charge >= 0.3 is 0 Å². The topological polar surface area (TPSA) is 79.7 Å². The lowest BCUT2D eigenvalue weighted by atomic mass is 10.1. The summed E-state index contributed by atoms with van der Waals surface area (Å²) in [5, 5.41) is 9.77. The highest BCUT2D eigenvalue weighted by molar-refractivity contribution is 9.10. The molecule has 8 heteroatoms. The number of rotatable bonds is 5. The van der Waals surface area contributed by atoms with Crippen molar-refractivity contribution in [3.05, 3.63) is 57.2 Å². The summed E-state index contributed by atoms with van der Waals surface area (Å²) in [6, 6.07) is 6.94. The summed E-state index contributed by atoms with van der Waals surface area (Å²) in [4.78, 5) is 29.0. The summed E-state index contributed by atoms with van der Waals surface area (Å²) in [6.45, 7) is 0.379. The number of nitrogens with zero attached hydrogens (tertiary/aromatic N) is 2. The van der Waals surface area contributed by atoms with Crippen LogP contribution in [-0.4, -0.2) is 39.8 Å². The zero-order chi connectivity index (χ0) is 18.7. The third kappa shape index (κ3) is 4.08. The van der Waals surface area contributed by atoms with E-state index in [0.29, 0.717) is 33.7 Å². The van der Waals surface area contributed by atoms with Gasteiger partial charge in [0.15, 0.2) is 11.5 Å². The van der Waals surface area contributed by atoms with E-state index in [4.69, 9.17) is 4.74 Å². The van der Waals surface area contributed by atoms with Crippen molar-refractivity contribution >= 4 is 44.9 Å². The number of carbonyl (C=O) groups is 2. The number of hydrogen-bond donors (Lipinski definition) is 1. The van der Waals surface area contributed by atoms with E-state index < -0.39 is 0 Å². The van der Waals surface area contributed by atoms with Crippen LogP contribution in [0.5, 0.6) is 11.5 Å². The molecule has 0 bridgehead atoms. The summed E-state index contributed by atoms with van der Waals surface area (Å²) in [5.41, 5.74) is 1.72. The van der Waals surface area contributed by atoms with E-state index >= 15 is 0 Å². The van der Waals surface area contributed by atoms with E-state index in [-0.39, 0.29) is 16.9 Å². The molecular weight excluding hydrogens is 420 g/mol. The number of pyridine rings is 1. The molecule has 1 saturated heterocycles. The SMILES string of the molecule is CN1C(=O)S/C(=C\c2cc(OCCc3ccncc3)c(O)cc2Br)C1=O. The van der Waals surface area contributed by atoms with Gasteiger partial charge in [-0.1, -0.05) is 15.9 Å². The van der Waals surface area contributed by atoms with E-state index in [0.717, 1.165) is 22.2 Å². The Bertz CT molecular complexity index is 886. The molecule has 1 aliphatic rings. The number of hydrogen-bond acceptors (Lipinski definition) is 6. The Morgan fingerprint density at radius 3 is 2.69 bits per heavy atom. The lowest BCUT2D eigenvalue weighted by Gasteiger charge is -2.10. The number of amides is 2. The molecule has 134 valence electrons. The molecule has 1 aliphatic heterocycles. The number of phenols is 1. The van der Waals surface area contributed by atoms with E-state index in [1.165, 1.54) is 13.1 Å². The highest BCUT2D eigenvalue weighted by atomic mass is 79.9. The number of thioether (sulfide) groups is 1. The number of ether oxygens (including phenoxy) is 1. The number of aromatic nitrogens is 1. The molecule has 0 aliphatic carbocycles. The number of likely N-dealkylation sites (N-methyl/N-ethyl adjacent to an activating group) is 1. The van der Waals surface area contributed by atoms with Crippen LogP contribution in [0.15, 0.2) is 46.0 Å². The minimum Gasteiger partial charge on any atom is -0.504 e. The van der Waals surface area contributed by atoms with Crippen LogP contribution in [0.4, 0.5) is 4.79 Å². The van der Waals surface area contributed by atoms with Gasteiger partial charge in [0.1, 0.15) is 0 Å². The number of carbonyl (C=O) groups excluding carboxylic acids is 2. The number of phenolic OH excluding ortho intramolecular Hbond substituents is 1. The predicted molar refractivity (Wildman–Crippen MR) is 103 cm³/mol. The minimum absolute atomic E-state index is 0.00708. The second-order valence-corrected chi connectivity index (χ2v) is 7.38. The number of aromatic hydroxyl groups is 1. The van der Waals surface area contributed by atoms with Gasteiger partial charge in [-0.2, -0.15) is 0 Å². The molecule has 26 heavy (non-hydrogen) atoms. The summed E-state index contributed by atoms with van der Waals surface area (Å²) >= 11 is 4.24. The molecule has 0 spiro atoms. The Labute approximate surface area is 163 Å². The van der Waals surface area contributed by atoms with Crippen LogP contribution >= 0.6 is 27.7 Å². The molecule has 2 amide bonds. The molecule has 1 fully saturated rings. The second kappa shape index (κ2) is 7.92. The Kier molecular flexibility index (Phi) is 5.63. The van der Waals surface area contributed by atoms with Gasteiger partial charge in [0.05, 0.1) is 11.5 Å². The second-order valence-electron chi connectivity index (χ2n) is 5.54. The molecule has 1 aromatic heterocycles. The molecule has 0 saturated carbocycles. The van der Waals surface area contributed by atoms with Crippen LogP contribution in [0.2, 0.25) is 0 Å². The lowest BCUT2D eigenvalue weighted by Crippen LogP contribution is -2.22. The van der Waals surface area contributed by atoms with Crippen LogP contribution in [0.3, 0.4) is 0 Å². The summed E-state index contributed by atoms with van der Waals surface area (Å²) < 4.78 is 6.28. The van der Waals surface area contributed by atoms with Crippen LogP contribution in [0.25, 0.3) is 6.08 Å². The Hall–Kier alpha value is -2.32. The first-order valence-corrected chi connectivity index (χ1v) is 9.32. The van der Waals surface area contributed by atoms with Crippen LogP contribution < -0.4 is 4.74 Å². The van der Waals surface area contributed by atoms with Crippen LogP contribution in [-0.2, 0) is 11.2 Å². The Balaban J connectivity index is 1.77. The molecule has 6 nitrogen and oxygen atoms in total. The molecule has 2 aromatic rings. The maximum atomic E-state index is 12.0. The van der Waals surface area contributed by atoms with Crippen molar-refractivity contribution in [3.63, 3.8) is 0 Å². The molecule has 0 radical (unpaired) electrons. The maximum absolute atomic E-state index is 12.0. The van der Waals surface area contributed by atoms with Gasteiger partial charge in [0.25, 0.3) is 11.1 Å². The standard InChI is InChI=1S/C18H15BrN2O4S/c1-21-17(23)16(26-18(21)24)9-12-8-15(14(22)10-13(12)19)25-7-4-11-2-5-20-6-3-11/h2-3,5-6,8-10,22H,4,7H2,1H3/b16-9-. The predicted octanol–water partition coefficient (Wildman–Crippen LogP) is 3.84. The highest BCUT2D eigenvalue weighted by Crippen LogP contribution is 2.37. The molecule has 1 N–H and O–H groups in total. The van der Waals surface area contributed by atoms with Gasteiger partial charge in [-0.15, -0.1) is 0 Å². The van der Waals surface area contributed by atoms with E-state index in [9.17, 15) is 14.7 Å². The number of benzene rings is 1. The third-order valence-electron chi connectivity index (χ3n) is 3.75. The van der Waals surface area contributed by atoms with E-state index in [1.807, 2.05) is 12.1 Å². The molecular formula is C18H15BrN2O4S. The van der Waals surface area contributed by atoms with Crippen molar-refractivity contribution in [2.24, 2.45) is 0 Å². The average molecular weight is 435 g/mol. The van der Waals surface area contributed by atoms with Crippen LogP contribution in [0.1, 0.15) is 11.1 Å². The summed E-state index contributed by atoms with van der Waals surface area (Å²) in [5.74, 6) is -0.0447. The third-order valence-corrected chi connectivity index (χ3v) is 5.40. The van der Waals surface area contributed by atoms with Gasteiger partial charge in [-0.25, -0.2) is 0 Å². The zero-order valence-electron chi connectivity index (χ0n) is 13.8. The first-order chi connectivity index (χ1) is 12.5. The molecule has 2 heterocycles. The lowest BCUT2D eigenvalue weighted by molar-refractivity contribution is -0.121. The van der Waals surface area contributed by atoms with Crippen molar-refractivity contribution < 1.29 is 19.4 Å². The summed E-state index contributed by atoms with van der Waals surface area (Å²) in [6.07, 6.45) is 5.70. The molecule has 0 atom stereocenters. The van der Waals surface area contributed by atoms with Crippen molar-refractivity contribution in [2.75, 3.05) is 13.7 Å². The fraction of sp³-hybridized carbons (Fsp3) is 0.167. The first kappa shape index (κ1) is 18.5. The smallest absolute Gasteiger partial charge is 0.293 e. The molecule has 0 unspecified atom stereocenters. The van der Waals surface area contributed by atoms with Crippen molar-refractivity contribution in [2.45, 2.75) is 6.42 Å². The zero-order valence-corrected chi connectivity index (χ0v) is 16.2. The van der Waals surface area contributed by atoms with Crippen molar-refractivity contribution in [3.8, 4) is 11.5 Å². The monoisotopic (exact) mass is 434 g/mol. The van der Waals surface area contributed by atoms with Gasteiger partial charge < -0.3 is 9.84 Å². The fourth-order valence-electron chi connectivity index (χ4n) is 2.30. The van der Waals surface area contributed by atoms with Gasteiger partial charge in [-0.3, -0.25) is 19.5 Å². The Morgan fingerprint density at radius 2 is 2.04 bits per heavy atom. The number of imide groups is 1. The van der Waals surface area contributed by atoms with Crippen LogP contribution in [0, 0.1) is 0 Å². The van der Waals surface area contributed by atoms with Gasteiger partial charge in [0, 0.05) is 30.3 Å². The maximum Gasteiger partial charge on any atom is 0.293 e. The fourth-order valence-corrected chi connectivity index (χ4v) is 3.56. The average Bonchev–Trinajstić information content (AvgIpc) is 2.86. The van der Waals surface area contributed by atoms with Gasteiger partial charge in [-0.05, 0) is 53.2 Å². The largest absolute Gasteiger partial charge is 0.504 e. The molecule has 1 aromatic carbocycles. The minimum atomic E-state index is -0.347.